The predicted octanol–water partition coefficient (Wildman–Crippen LogP) is 2.94. The fraction of sp³-hybridized carbons (Fsp3) is 0.625. The summed E-state index contributed by atoms with van der Waals surface area (Å²) >= 11 is 6.39. The van der Waals surface area contributed by atoms with E-state index in [-0.39, 0.29) is 0 Å². The van der Waals surface area contributed by atoms with Gasteiger partial charge in [-0.15, -0.1) is 0 Å². The molecule has 1 saturated heterocycles. The van der Waals surface area contributed by atoms with Crippen molar-refractivity contribution in [3.05, 3.63) is 34.3 Å². The highest BCUT2D eigenvalue weighted by Gasteiger charge is 2.34. The average molecular weight is 295 g/mol. The molecule has 1 aliphatic heterocycles. The number of benzene rings is 1. The van der Waals surface area contributed by atoms with Crippen molar-refractivity contribution in [1.82, 2.24) is 4.90 Å². The van der Waals surface area contributed by atoms with Crippen molar-refractivity contribution in [3.8, 4) is 0 Å². The third-order valence-electron chi connectivity index (χ3n) is 4.57. The second-order valence-electron chi connectivity index (χ2n) is 5.86. The van der Waals surface area contributed by atoms with Gasteiger partial charge in [0.2, 0.25) is 0 Å². The minimum absolute atomic E-state index is 0.430. The number of hydrogen-bond acceptors (Lipinski definition) is 3. The smallest absolute Gasteiger partial charge is 0.0731 e. The number of rotatable bonds is 3. The molecule has 1 aliphatic carbocycles. The average Bonchev–Trinajstić information content (AvgIpc) is 2.49. The van der Waals surface area contributed by atoms with Crippen molar-refractivity contribution in [1.29, 1.82) is 0 Å². The minimum Gasteiger partial charge on any atom is -0.375 e. The normalized spacial score (nSPS) is 27.3. The molecule has 0 radical (unpaired) electrons. The van der Waals surface area contributed by atoms with Crippen LogP contribution in [0.25, 0.3) is 0 Å². The summed E-state index contributed by atoms with van der Waals surface area (Å²) in [6.07, 6.45) is 5.52. The predicted molar refractivity (Wildman–Crippen MR) is 81.7 cm³/mol. The van der Waals surface area contributed by atoms with E-state index in [0.29, 0.717) is 18.7 Å². The van der Waals surface area contributed by atoms with Gasteiger partial charge in [-0.2, -0.15) is 0 Å². The minimum atomic E-state index is 0.430. The number of morpholine rings is 1. The Labute approximate surface area is 126 Å². The molecule has 110 valence electrons. The van der Waals surface area contributed by atoms with E-state index < -0.39 is 0 Å². The van der Waals surface area contributed by atoms with Gasteiger partial charge in [0.1, 0.15) is 0 Å². The lowest BCUT2D eigenvalue weighted by Crippen LogP contribution is -2.52. The Kier molecular flexibility index (Phi) is 4.61. The van der Waals surface area contributed by atoms with Crippen LogP contribution < -0.4 is 5.73 Å². The third-order valence-corrected chi connectivity index (χ3v) is 4.93. The van der Waals surface area contributed by atoms with Crippen LogP contribution in [0.15, 0.2) is 18.2 Å². The van der Waals surface area contributed by atoms with Crippen molar-refractivity contribution >= 4 is 11.6 Å². The first-order chi connectivity index (χ1) is 9.78. The van der Waals surface area contributed by atoms with Gasteiger partial charge in [-0.05, 0) is 30.0 Å². The monoisotopic (exact) mass is 294 g/mol. The van der Waals surface area contributed by atoms with E-state index in [4.69, 9.17) is 22.1 Å². The number of fused-ring (bicyclic) bond motifs is 1. The molecule has 3 rings (SSSR count). The summed E-state index contributed by atoms with van der Waals surface area (Å²) in [4.78, 5) is 2.55. The molecule has 4 heteroatoms. The maximum absolute atomic E-state index is 6.39. The van der Waals surface area contributed by atoms with Crippen LogP contribution in [0.3, 0.4) is 0 Å². The van der Waals surface area contributed by atoms with Crippen LogP contribution in [-0.2, 0) is 17.8 Å². The first-order valence-electron chi connectivity index (χ1n) is 7.61. The van der Waals surface area contributed by atoms with Crippen molar-refractivity contribution in [3.63, 3.8) is 0 Å². The van der Waals surface area contributed by atoms with E-state index in [1.165, 1.54) is 31.2 Å². The zero-order valence-electron chi connectivity index (χ0n) is 11.9. The number of halogens is 1. The van der Waals surface area contributed by atoms with Gasteiger partial charge in [-0.3, -0.25) is 4.90 Å². The van der Waals surface area contributed by atoms with Gasteiger partial charge < -0.3 is 10.5 Å². The lowest BCUT2D eigenvalue weighted by atomic mass is 9.90. The van der Waals surface area contributed by atoms with Gasteiger partial charge in [0, 0.05) is 30.7 Å². The molecule has 0 bridgehead atoms. The molecule has 3 nitrogen and oxygen atoms in total. The van der Waals surface area contributed by atoms with Crippen LogP contribution >= 0.6 is 11.6 Å². The van der Waals surface area contributed by atoms with Crippen LogP contribution in [0.2, 0.25) is 5.02 Å². The van der Waals surface area contributed by atoms with Gasteiger partial charge in [0.05, 0.1) is 12.7 Å². The summed E-state index contributed by atoms with van der Waals surface area (Å²) in [5.74, 6) is 0. The molecule has 2 aliphatic rings. The highest BCUT2D eigenvalue weighted by atomic mass is 35.5. The molecule has 2 fully saturated rings. The molecule has 1 aromatic rings. The van der Waals surface area contributed by atoms with E-state index >= 15 is 0 Å². The Bertz CT molecular complexity index is 464. The summed E-state index contributed by atoms with van der Waals surface area (Å²) in [5.41, 5.74) is 7.95. The lowest BCUT2D eigenvalue weighted by molar-refractivity contribution is -0.0911. The summed E-state index contributed by atoms with van der Waals surface area (Å²) in [6, 6.07) is 6.77. The van der Waals surface area contributed by atoms with Crippen LogP contribution in [-0.4, -0.2) is 30.2 Å². The fourth-order valence-electron chi connectivity index (χ4n) is 3.44. The lowest BCUT2D eigenvalue weighted by Gasteiger charge is -2.44. The number of hydrogen-bond donors (Lipinski definition) is 1. The van der Waals surface area contributed by atoms with Crippen LogP contribution in [0, 0.1) is 0 Å². The molecule has 2 N–H and O–H groups in total. The number of nitrogens with zero attached hydrogens (tertiary/aromatic N) is 1. The topological polar surface area (TPSA) is 38.5 Å². The number of ether oxygens (including phenoxy) is 1. The molecule has 1 saturated carbocycles. The molecule has 1 heterocycles. The number of nitrogens with two attached hydrogens (primary N) is 1. The Balaban J connectivity index is 1.72. The molecule has 0 spiro atoms. The second-order valence-corrected chi connectivity index (χ2v) is 6.27. The molecule has 0 amide bonds. The first kappa shape index (κ1) is 14.3. The van der Waals surface area contributed by atoms with Gasteiger partial charge in [-0.1, -0.05) is 36.6 Å². The first-order valence-corrected chi connectivity index (χ1v) is 7.99. The molecule has 2 unspecified atom stereocenters. The van der Waals surface area contributed by atoms with Gasteiger partial charge in [0.15, 0.2) is 0 Å². The van der Waals surface area contributed by atoms with Crippen molar-refractivity contribution in [2.45, 2.75) is 50.9 Å². The van der Waals surface area contributed by atoms with Crippen LogP contribution in [0.4, 0.5) is 0 Å². The molecule has 0 aromatic heterocycles. The maximum Gasteiger partial charge on any atom is 0.0731 e. The third kappa shape index (κ3) is 3.01. The van der Waals surface area contributed by atoms with Gasteiger partial charge >= 0.3 is 0 Å². The molecule has 20 heavy (non-hydrogen) atoms. The van der Waals surface area contributed by atoms with Crippen LogP contribution in [0.1, 0.15) is 36.8 Å². The molecular formula is C16H23ClN2O. The van der Waals surface area contributed by atoms with Crippen molar-refractivity contribution < 1.29 is 4.74 Å². The highest BCUT2D eigenvalue weighted by Crippen LogP contribution is 2.30. The summed E-state index contributed by atoms with van der Waals surface area (Å²) in [6.45, 7) is 3.33. The van der Waals surface area contributed by atoms with Crippen molar-refractivity contribution in [2.75, 3.05) is 13.2 Å². The molecule has 1 aromatic carbocycles. The van der Waals surface area contributed by atoms with Gasteiger partial charge in [-0.25, -0.2) is 0 Å². The Morgan fingerprint density at radius 2 is 2.15 bits per heavy atom. The molecular weight excluding hydrogens is 272 g/mol. The summed E-state index contributed by atoms with van der Waals surface area (Å²) in [5, 5.41) is 0.840. The van der Waals surface area contributed by atoms with Crippen LogP contribution in [0.5, 0.6) is 0 Å². The SMILES string of the molecule is NCc1ccc(CN2CCOC3CCCCC32)c(Cl)c1. The van der Waals surface area contributed by atoms with E-state index in [2.05, 4.69) is 17.0 Å². The standard InChI is InChI=1S/C16H23ClN2O/c17-14-9-12(10-18)5-6-13(14)11-19-7-8-20-16-4-2-1-3-15(16)19/h5-6,9,15-16H,1-4,7-8,10-11,18H2. The Morgan fingerprint density at radius 1 is 1.30 bits per heavy atom. The van der Waals surface area contributed by atoms with E-state index in [0.717, 1.165) is 30.3 Å². The maximum atomic E-state index is 6.39. The molecule has 2 atom stereocenters. The van der Waals surface area contributed by atoms with E-state index in [1.807, 2.05) is 6.07 Å². The van der Waals surface area contributed by atoms with Gasteiger partial charge in [0.25, 0.3) is 0 Å². The largest absolute Gasteiger partial charge is 0.375 e. The zero-order chi connectivity index (χ0) is 13.9. The Hall–Kier alpha value is -0.610. The Morgan fingerprint density at radius 3 is 2.95 bits per heavy atom. The fourth-order valence-corrected chi connectivity index (χ4v) is 3.70. The van der Waals surface area contributed by atoms with E-state index in [9.17, 15) is 0 Å². The highest BCUT2D eigenvalue weighted by molar-refractivity contribution is 6.31. The quantitative estimate of drug-likeness (QED) is 0.931. The van der Waals surface area contributed by atoms with E-state index in [1.54, 1.807) is 0 Å². The second kappa shape index (κ2) is 6.44. The van der Waals surface area contributed by atoms with Crippen molar-refractivity contribution in [2.24, 2.45) is 5.73 Å². The summed E-state index contributed by atoms with van der Waals surface area (Å²) < 4.78 is 5.93. The summed E-state index contributed by atoms with van der Waals surface area (Å²) in [7, 11) is 0. The zero-order valence-corrected chi connectivity index (χ0v) is 12.6.